The molecule has 2 N–H and O–H groups in total. The Morgan fingerprint density at radius 3 is 2.91 bits per heavy atom. The van der Waals surface area contributed by atoms with E-state index in [1.54, 1.807) is 16.2 Å². The number of carbonyl (C=O) groups is 2. The van der Waals surface area contributed by atoms with Gasteiger partial charge in [-0.3, -0.25) is 4.79 Å². The average molecular weight is 336 g/mol. The Kier molecular flexibility index (Phi) is 4.84. The number of carbonyl (C=O) groups excluding carboxylic acids is 2. The molecule has 2 fully saturated rings. The first-order valence-corrected chi connectivity index (χ1v) is 9.13. The fraction of sp³-hybridized carbons (Fsp3) is 0.688. The van der Waals surface area contributed by atoms with E-state index in [1.807, 2.05) is 13.8 Å². The molecule has 2 unspecified atom stereocenters. The summed E-state index contributed by atoms with van der Waals surface area (Å²) >= 11 is 1.68. The Labute approximate surface area is 140 Å². The largest absolute Gasteiger partial charge is 0.350 e. The summed E-state index contributed by atoms with van der Waals surface area (Å²) in [6.45, 7) is 4.75. The van der Waals surface area contributed by atoms with E-state index >= 15 is 0 Å². The molecule has 1 saturated carbocycles. The van der Waals surface area contributed by atoms with E-state index in [9.17, 15) is 9.59 Å². The highest BCUT2D eigenvalue weighted by Gasteiger charge is 2.38. The normalized spacial score (nSPS) is 24.1. The monoisotopic (exact) mass is 336 g/mol. The van der Waals surface area contributed by atoms with Crippen molar-refractivity contribution < 1.29 is 9.59 Å². The van der Waals surface area contributed by atoms with Crippen LogP contribution < -0.4 is 10.6 Å². The van der Waals surface area contributed by atoms with E-state index in [2.05, 4.69) is 15.6 Å². The summed E-state index contributed by atoms with van der Waals surface area (Å²) in [4.78, 5) is 31.7. The fourth-order valence-electron chi connectivity index (χ4n) is 3.59. The molecule has 126 valence electrons. The number of rotatable bonds is 3. The van der Waals surface area contributed by atoms with Crippen LogP contribution >= 0.6 is 11.3 Å². The zero-order valence-electron chi connectivity index (χ0n) is 13.7. The van der Waals surface area contributed by atoms with Crippen molar-refractivity contribution in [2.24, 2.45) is 0 Å². The highest BCUT2D eigenvalue weighted by molar-refractivity contribution is 7.11. The van der Waals surface area contributed by atoms with E-state index in [0.29, 0.717) is 6.54 Å². The molecule has 0 radical (unpaired) electrons. The number of urea groups is 1. The summed E-state index contributed by atoms with van der Waals surface area (Å²) in [5.41, 5.74) is 1.05. The van der Waals surface area contributed by atoms with Crippen molar-refractivity contribution in [2.45, 2.75) is 58.0 Å². The van der Waals surface area contributed by atoms with Gasteiger partial charge in [0.25, 0.3) is 0 Å². The first-order valence-electron chi connectivity index (χ1n) is 8.31. The maximum absolute atomic E-state index is 12.5. The summed E-state index contributed by atoms with van der Waals surface area (Å²) in [7, 11) is 0. The van der Waals surface area contributed by atoms with Gasteiger partial charge in [-0.05, 0) is 26.7 Å². The quantitative estimate of drug-likeness (QED) is 0.883. The topological polar surface area (TPSA) is 74.3 Å². The van der Waals surface area contributed by atoms with Gasteiger partial charge in [0, 0.05) is 23.9 Å². The van der Waals surface area contributed by atoms with Crippen molar-refractivity contribution in [1.82, 2.24) is 20.5 Å². The molecule has 1 saturated heterocycles. The SMILES string of the molecule is Cc1nc(C)c(CCNC(=O)N2CC(=O)NC3CCCCC32)s1. The number of hydrogen-bond acceptors (Lipinski definition) is 4. The number of nitrogens with one attached hydrogen (secondary N) is 2. The number of amides is 3. The van der Waals surface area contributed by atoms with Crippen LogP contribution in [0.3, 0.4) is 0 Å². The van der Waals surface area contributed by atoms with Crippen molar-refractivity contribution in [3.05, 3.63) is 15.6 Å². The molecule has 1 aromatic rings. The van der Waals surface area contributed by atoms with Crippen LogP contribution in [0.25, 0.3) is 0 Å². The van der Waals surface area contributed by atoms with E-state index in [4.69, 9.17) is 0 Å². The molecule has 23 heavy (non-hydrogen) atoms. The van der Waals surface area contributed by atoms with Gasteiger partial charge in [0.05, 0.1) is 16.7 Å². The molecular weight excluding hydrogens is 312 g/mol. The lowest BCUT2D eigenvalue weighted by Crippen LogP contribution is -2.64. The molecule has 2 heterocycles. The molecule has 2 atom stereocenters. The highest BCUT2D eigenvalue weighted by atomic mass is 32.1. The van der Waals surface area contributed by atoms with E-state index < -0.39 is 0 Å². The minimum atomic E-state index is -0.115. The van der Waals surface area contributed by atoms with Crippen LogP contribution in [-0.2, 0) is 11.2 Å². The number of aromatic nitrogens is 1. The summed E-state index contributed by atoms with van der Waals surface area (Å²) in [6.07, 6.45) is 4.99. The Bertz CT molecular complexity index is 601. The number of nitrogens with zero attached hydrogens (tertiary/aromatic N) is 2. The molecule has 7 heteroatoms. The maximum Gasteiger partial charge on any atom is 0.318 e. The predicted molar refractivity (Wildman–Crippen MR) is 89.6 cm³/mol. The van der Waals surface area contributed by atoms with Gasteiger partial charge >= 0.3 is 6.03 Å². The van der Waals surface area contributed by atoms with E-state index in [0.717, 1.165) is 42.8 Å². The lowest BCUT2D eigenvalue weighted by Gasteiger charge is -2.43. The van der Waals surface area contributed by atoms with Crippen molar-refractivity contribution in [2.75, 3.05) is 13.1 Å². The third-order valence-corrected chi connectivity index (χ3v) is 5.81. The lowest BCUT2D eigenvalue weighted by atomic mass is 9.87. The predicted octanol–water partition coefficient (Wildman–Crippen LogP) is 1.76. The molecule has 3 rings (SSSR count). The van der Waals surface area contributed by atoms with Crippen molar-refractivity contribution in [3.8, 4) is 0 Å². The fourth-order valence-corrected chi connectivity index (χ4v) is 4.53. The Morgan fingerprint density at radius 2 is 2.17 bits per heavy atom. The molecule has 2 aliphatic rings. The van der Waals surface area contributed by atoms with Gasteiger partial charge in [0.2, 0.25) is 5.91 Å². The molecule has 3 amide bonds. The third-order valence-electron chi connectivity index (χ3n) is 4.68. The molecular formula is C16H24N4O2S. The van der Waals surface area contributed by atoms with Crippen LogP contribution in [0.15, 0.2) is 0 Å². The van der Waals surface area contributed by atoms with Gasteiger partial charge in [0.1, 0.15) is 6.54 Å². The average Bonchev–Trinajstić information content (AvgIpc) is 2.84. The van der Waals surface area contributed by atoms with Crippen LogP contribution in [0.4, 0.5) is 4.79 Å². The molecule has 1 aliphatic carbocycles. The van der Waals surface area contributed by atoms with Crippen LogP contribution in [0, 0.1) is 13.8 Å². The maximum atomic E-state index is 12.5. The second kappa shape index (κ2) is 6.86. The molecule has 1 aliphatic heterocycles. The van der Waals surface area contributed by atoms with Crippen molar-refractivity contribution >= 4 is 23.3 Å². The van der Waals surface area contributed by atoms with Gasteiger partial charge in [-0.25, -0.2) is 9.78 Å². The highest BCUT2D eigenvalue weighted by Crippen LogP contribution is 2.25. The minimum absolute atomic E-state index is 0.0442. The van der Waals surface area contributed by atoms with Gasteiger partial charge in [-0.2, -0.15) is 0 Å². The number of fused-ring (bicyclic) bond motifs is 1. The Morgan fingerprint density at radius 1 is 1.39 bits per heavy atom. The summed E-state index contributed by atoms with van der Waals surface area (Å²) < 4.78 is 0. The first-order chi connectivity index (χ1) is 11.0. The van der Waals surface area contributed by atoms with Crippen molar-refractivity contribution in [1.29, 1.82) is 0 Å². The second-order valence-corrected chi connectivity index (χ2v) is 7.66. The van der Waals surface area contributed by atoms with E-state index in [1.165, 1.54) is 4.88 Å². The zero-order chi connectivity index (χ0) is 16.4. The Hall–Kier alpha value is -1.63. The third kappa shape index (κ3) is 3.65. The molecule has 1 aromatic heterocycles. The minimum Gasteiger partial charge on any atom is -0.350 e. The van der Waals surface area contributed by atoms with Gasteiger partial charge in [0.15, 0.2) is 0 Å². The van der Waals surface area contributed by atoms with E-state index in [-0.39, 0.29) is 30.6 Å². The molecule has 6 nitrogen and oxygen atoms in total. The molecule has 0 bridgehead atoms. The summed E-state index contributed by atoms with van der Waals surface area (Å²) in [5.74, 6) is -0.0442. The van der Waals surface area contributed by atoms with Gasteiger partial charge in [-0.1, -0.05) is 12.8 Å². The standard InChI is InChI=1S/C16H24N4O2S/c1-10-14(23-11(2)18-10)7-8-17-16(22)20-9-15(21)19-12-5-3-4-6-13(12)20/h12-13H,3-9H2,1-2H3,(H,17,22)(H,19,21). The van der Waals surface area contributed by atoms with Crippen molar-refractivity contribution in [3.63, 3.8) is 0 Å². The first kappa shape index (κ1) is 16.2. The smallest absolute Gasteiger partial charge is 0.318 e. The summed E-state index contributed by atoms with van der Waals surface area (Å²) in [6, 6.07) is 0.159. The van der Waals surface area contributed by atoms with Crippen LogP contribution in [0.2, 0.25) is 0 Å². The van der Waals surface area contributed by atoms with Gasteiger partial charge in [-0.15, -0.1) is 11.3 Å². The number of aryl methyl sites for hydroxylation is 2. The zero-order valence-corrected chi connectivity index (χ0v) is 14.5. The number of thiazole rings is 1. The van der Waals surface area contributed by atoms with Crippen LogP contribution in [-0.4, -0.2) is 47.0 Å². The lowest BCUT2D eigenvalue weighted by molar-refractivity contribution is -0.126. The summed E-state index contributed by atoms with van der Waals surface area (Å²) in [5, 5.41) is 7.06. The van der Waals surface area contributed by atoms with Crippen LogP contribution in [0.1, 0.15) is 41.3 Å². The van der Waals surface area contributed by atoms with Gasteiger partial charge < -0.3 is 15.5 Å². The number of hydrogen-bond donors (Lipinski definition) is 2. The second-order valence-electron chi connectivity index (χ2n) is 6.38. The number of piperazine rings is 1. The molecule has 0 aromatic carbocycles. The Balaban J connectivity index is 1.56. The molecule has 0 spiro atoms. The van der Waals surface area contributed by atoms with Crippen LogP contribution in [0.5, 0.6) is 0 Å².